The number of benzene rings is 1. The number of hydrogen-bond donors (Lipinski definition) is 0. The minimum atomic E-state index is 0.215. The molecule has 1 aliphatic rings. The van der Waals surface area contributed by atoms with Gasteiger partial charge in [-0.2, -0.15) is 0 Å². The van der Waals surface area contributed by atoms with E-state index in [1.807, 2.05) is 18.2 Å². The van der Waals surface area contributed by atoms with Gasteiger partial charge in [0.15, 0.2) is 5.78 Å². The summed E-state index contributed by atoms with van der Waals surface area (Å²) in [5.74, 6) is 1.93. The van der Waals surface area contributed by atoms with Gasteiger partial charge >= 0.3 is 0 Å². The van der Waals surface area contributed by atoms with E-state index in [-0.39, 0.29) is 11.7 Å². The Morgan fingerprint density at radius 2 is 1.76 bits per heavy atom. The van der Waals surface area contributed by atoms with Gasteiger partial charge in [-0.15, -0.1) is 0 Å². The second-order valence-electron chi connectivity index (χ2n) is 4.16. The summed E-state index contributed by atoms with van der Waals surface area (Å²) >= 11 is 0. The Labute approximate surface area is 101 Å². The zero-order valence-electron chi connectivity index (χ0n) is 10.1. The van der Waals surface area contributed by atoms with Crippen LogP contribution in [0.2, 0.25) is 0 Å². The van der Waals surface area contributed by atoms with Crippen molar-refractivity contribution in [2.75, 3.05) is 14.2 Å². The molecule has 90 valence electrons. The third kappa shape index (κ3) is 3.09. The van der Waals surface area contributed by atoms with Crippen LogP contribution in [0, 0.1) is 5.92 Å². The highest BCUT2D eigenvalue weighted by Gasteiger charge is 2.27. The summed E-state index contributed by atoms with van der Waals surface area (Å²) < 4.78 is 10.3. The first-order valence-electron chi connectivity index (χ1n) is 5.68. The Kier molecular flexibility index (Phi) is 3.47. The number of ether oxygens (including phenoxy) is 2. The topological polar surface area (TPSA) is 35.5 Å². The van der Waals surface area contributed by atoms with Crippen LogP contribution in [-0.2, 0) is 4.79 Å². The fourth-order valence-electron chi connectivity index (χ4n) is 1.61. The molecule has 0 unspecified atom stereocenters. The molecule has 0 saturated heterocycles. The Hall–Kier alpha value is -1.77. The molecule has 3 heteroatoms. The predicted octanol–water partition coefficient (Wildman–Crippen LogP) is 2.70. The first kappa shape index (κ1) is 11.7. The Balaban J connectivity index is 2.15. The number of ketones is 1. The van der Waals surface area contributed by atoms with Gasteiger partial charge in [-0.25, -0.2) is 0 Å². The van der Waals surface area contributed by atoms with Crippen LogP contribution in [-0.4, -0.2) is 20.0 Å². The van der Waals surface area contributed by atoms with E-state index in [2.05, 4.69) is 0 Å². The summed E-state index contributed by atoms with van der Waals surface area (Å²) in [6.45, 7) is 0. The minimum absolute atomic E-state index is 0.215. The van der Waals surface area contributed by atoms with Crippen LogP contribution in [0.15, 0.2) is 24.3 Å². The van der Waals surface area contributed by atoms with Crippen molar-refractivity contribution < 1.29 is 14.3 Å². The quantitative estimate of drug-likeness (QED) is 0.732. The van der Waals surface area contributed by atoms with Crippen LogP contribution in [0.5, 0.6) is 11.5 Å². The molecular formula is C14H16O3. The highest BCUT2D eigenvalue weighted by atomic mass is 16.5. The lowest BCUT2D eigenvalue weighted by atomic mass is 10.1. The lowest BCUT2D eigenvalue weighted by Crippen LogP contribution is -1.93. The van der Waals surface area contributed by atoms with Gasteiger partial charge in [0, 0.05) is 12.0 Å². The number of allylic oxidation sites excluding steroid dienone is 1. The zero-order valence-corrected chi connectivity index (χ0v) is 10.1. The van der Waals surface area contributed by atoms with E-state index in [0.29, 0.717) is 0 Å². The van der Waals surface area contributed by atoms with Crippen molar-refractivity contribution in [3.63, 3.8) is 0 Å². The fraction of sp³-hybridized carbons (Fsp3) is 0.357. The predicted molar refractivity (Wildman–Crippen MR) is 66.3 cm³/mol. The van der Waals surface area contributed by atoms with Crippen molar-refractivity contribution in [3.8, 4) is 11.5 Å². The molecule has 0 atom stereocenters. The van der Waals surface area contributed by atoms with Crippen LogP contribution in [0.3, 0.4) is 0 Å². The van der Waals surface area contributed by atoms with Crippen molar-refractivity contribution in [3.05, 3.63) is 29.8 Å². The number of carbonyl (C=O) groups is 1. The van der Waals surface area contributed by atoms with Crippen LogP contribution in [0.25, 0.3) is 6.08 Å². The summed E-state index contributed by atoms with van der Waals surface area (Å²) in [7, 11) is 3.22. The van der Waals surface area contributed by atoms with Gasteiger partial charge in [0.1, 0.15) is 11.5 Å². The van der Waals surface area contributed by atoms with Crippen molar-refractivity contribution in [2.45, 2.75) is 12.8 Å². The molecule has 0 bridgehead atoms. The molecule has 2 rings (SSSR count). The maximum Gasteiger partial charge on any atom is 0.158 e. The van der Waals surface area contributed by atoms with Gasteiger partial charge in [0.2, 0.25) is 0 Å². The first-order valence-corrected chi connectivity index (χ1v) is 5.68. The SMILES string of the molecule is COc1cc(C=CC(=O)C2CC2)cc(OC)c1. The van der Waals surface area contributed by atoms with E-state index < -0.39 is 0 Å². The van der Waals surface area contributed by atoms with Crippen LogP contribution < -0.4 is 9.47 Å². The number of rotatable bonds is 5. The summed E-state index contributed by atoms with van der Waals surface area (Å²) in [5, 5.41) is 0. The molecule has 1 aliphatic carbocycles. The molecule has 0 radical (unpaired) electrons. The number of carbonyl (C=O) groups excluding carboxylic acids is 1. The third-order valence-corrected chi connectivity index (χ3v) is 2.79. The average molecular weight is 232 g/mol. The molecule has 0 N–H and O–H groups in total. The Morgan fingerprint density at radius 1 is 1.18 bits per heavy atom. The Bertz CT molecular complexity index is 423. The van der Waals surface area contributed by atoms with E-state index in [1.165, 1.54) is 0 Å². The largest absolute Gasteiger partial charge is 0.497 e. The maximum atomic E-state index is 11.5. The molecule has 0 heterocycles. The molecular weight excluding hydrogens is 216 g/mol. The summed E-state index contributed by atoms with van der Waals surface area (Å²) in [4.78, 5) is 11.5. The molecule has 0 aliphatic heterocycles. The molecule has 1 aromatic carbocycles. The Morgan fingerprint density at radius 3 is 2.24 bits per heavy atom. The third-order valence-electron chi connectivity index (χ3n) is 2.79. The van der Waals surface area contributed by atoms with Gasteiger partial charge in [-0.3, -0.25) is 4.79 Å². The van der Waals surface area contributed by atoms with Crippen molar-refractivity contribution in [1.29, 1.82) is 0 Å². The second kappa shape index (κ2) is 5.04. The molecule has 0 spiro atoms. The van der Waals surface area contributed by atoms with Crippen molar-refractivity contribution >= 4 is 11.9 Å². The van der Waals surface area contributed by atoms with Gasteiger partial charge in [0.25, 0.3) is 0 Å². The van der Waals surface area contributed by atoms with Crippen LogP contribution >= 0.6 is 0 Å². The molecule has 3 nitrogen and oxygen atoms in total. The number of hydrogen-bond acceptors (Lipinski definition) is 3. The highest BCUT2D eigenvalue weighted by Crippen LogP contribution is 2.30. The second-order valence-corrected chi connectivity index (χ2v) is 4.16. The molecule has 1 saturated carbocycles. The molecule has 1 aromatic rings. The molecule has 17 heavy (non-hydrogen) atoms. The van der Waals surface area contributed by atoms with Gasteiger partial charge in [-0.1, -0.05) is 6.08 Å². The van der Waals surface area contributed by atoms with E-state index in [0.717, 1.165) is 29.9 Å². The van der Waals surface area contributed by atoms with Crippen molar-refractivity contribution in [2.24, 2.45) is 5.92 Å². The maximum absolute atomic E-state index is 11.5. The first-order chi connectivity index (χ1) is 8.22. The lowest BCUT2D eigenvalue weighted by molar-refractivity contribution is -0.115. The zero-order chi connectivity index (χ0) is 12.3. The van der Waals surface area contributed by atoms with Gasteiger partial charge < -0.3 is 9.47 Å². The average Bonchev–Trinajstić information content (AvgIpc) is 3.19. The summed E-state index contributed by atoms with van der Waals surface area (Å²) in [5.41, 5.74) is 0.912. The van der Waals surface area contributed by atoms with E-state index in [4.69, 9.17) is 9.47 Å². The normalized spacial score (nSPS) is 14.9. The van der Waals surface area contributed by atoms with E-state index in [9.17, 15) is 4.79 Å². The number of methoxy groups -OCH3 is 2. The highest BCUT2D eigenvalue weighted by molar-refractivity contribution is 5.96. The monoisotopic (exact) mass is 232 g/mol. The van der Waals surface area contributed by atoms with E-state index in [1.54, 1.807) is 26.4 Å². The minimum Gasteiger partial charge on any atom is -0.497 e. The van der Waals surface area contributed by atoms with Crippen LogP contribution in [0.1, 0.15) is 18.4 Å². The molecule has 0 amide bonds. The summed E-state index contributed by atoms with van der Waals surface area (Å²) in [6.07, 6.45) is 5.52. The van der Waals surface area contributed by atoms with Gasteiger partial charge in [-0.05, 0) is 36.6 Å². The van der Waals surface area contributed by atoms with E-state index >= 15 is 0 Å². The summed E-state index contributed by atoms with van der Waals surface area (Å²) in [6, 6.07) is 5.55. The lowest BCUT2D eigenvalue weighted by Gasteiger charge is -2.05. The van der Waals surface area contributed by atoms with Crippen molar-refractivity contribution in [1.82, 2.24) is 0 Å². The standard InChI is InChI=1S/C14H16O3/c1-16-12-7-10(8-13(9-12)17-2)3-6-14(15)11-4-5-11/h3,6-9,11H,4-5H2,1-2H3. The smallest absolute Gasteiger partial charge is 0.158 e. The fourth-order valence-corrected chi connectivity index (χ4v) is 1.61. The van der Waals surface area contributed by atoms with Crippen LogP contribution in [0.4, 0.5) is 0 Å². The van der Waals surface area contributed by atoms with Gasteiger partial charge in [0.05, 0.1) is 14.2 Å². The molecule has 0 aromatic heterocycles. The molecule has 1 fully saturated rings.